The van der Waals surface area contributed by atoms with E-state index in [1.165, 1.54) is 12.8 Å². The Labute approximate surface area is 57.2 Å². The molecule has 0 bridgehead atoms. The first-order chi connectivity index (χ1) is 4.31. The van der Waals surface area contributed by atoms with Crippen molar-refractivity contribution in [2.75, 3.05) is 6.54 Å². The minimum atomic E-state index is 0.713. The quantitative estimate of drug-likeness (QED) is 0.436. The van der Waals surface area contributed by atoms with Crippen molar-refractivity contribution >= 4 is 0 Å². The van der Waals surface area contributed by atoms with Gasteiger partial charge in [0.25, 0.3) is 0 Å². The van der Waals surface area contributed by atoms with E-state index in [9.17, 15) is 0 Å². The maximum absolute atomic E-state index is 6.53. The molecule has 0 aliphatic carbocycles. The lowest BCUT2D eigenvalue weighted by atomic mass is 10.0. The highest BCUT2D eigenvalue weighted by Crippen LogP contribution is 2.08. The maximum atomic E-state index is 6.53. The summed E-state index contributed by atoms with van der Waals surface area (Å²) in [5.74, 6) is 0.812. The largest absolute Gasteiger partial charge is 0.210 e. The smallest absolute Gasteiger partial charge is 0.0596 e. The molecule has 0 saturated carbocycles. The predicted molar refractivity (Wildman–Crippen MR) is 38.7 cm³/mol. The summed E-state index contributed by atoms with van der Waals surface area (Å²) in [7, 11) is 0. The van der Waals surface area contributed by atoms with Gasteiger partial charge in [-0.25, -0.2) is 5.53 Å². The van der Waals surface area contributed by atoms with Gasteiger partial charge in [0.2, 0.25) is 0 Å². The summed E-state index contributed by atoms with van der Waals surface area (Å²) in [6, 6.07) is 0. The van der Waals surface area contributed by atoms with E-state index in [0.717, 1.165) is 12.3 Å². The van der Waals surface area contributed by atoms with Gasteiger partial charge in [-0.3, -0.25) is 0 Å². The van der Waals surface area contributed by atoms with Gasteiger partial charge in [0.05, 0.1) is 6.54 Å². The summed E-state index contributed by atoms with van der Waals surface area (Å²) in [6.07, 6.45) is 3.55. The molecule has 0 heterocycles. The standard InChI is InChI=1S/C7H16N2/c1-3-7(2)5-4-6-9-8/h7-8H,3-6H2,1-2H3. The molecule has 0 fully saturated rings. The third-order valence-electron chi connectivity index (χ3n) is 1.66. The van der Waals surface area contributed by atoms with Crippen LogP contribution in [0, 0.1) is 11.4 Å². The van der Waals surface area contributed by atoms with Gasteiger partial charge in [0.15, 0.2) is 0 Å². The van der Waals surface area contributed by atoms with Gasteiger partial charge in [0, 0.05) is 0 Å². The van der Waals surface area contributed by atoms with Gasteiger partial charge in [0.1, 0.15) is 0 Å². The Balaban J connectivity index is 2.96. The molecular formula is C7H16N2. The lowest BCUT2D eigenvalue weighted by molar-refractivity contribution is 0.496. The molecule has 0 aliphatic heterocycles. The van der Waals surface area contributed by atoms with Gasteiger partial charge in [-0.1, -0.05) is 20.3 Å². The molecule has 0 aromatic carbocycles. The molecule has 1 atom stereocenters. The summed E-state index contributed by atoms with van der Waals surface area (Å²) >= 11 is 0. The van der Waals surface area contributed by atoms with Crippen LogP contribution < -0.4 is 0 Å². The minimum absolute atomic E-state index is 0.713. The molecule has 0 aliphatic rings. The first-order valence-corrected chi connectivity index (χ1v) is 3.64. The lowest BCUT2D eigenvalue weighted by Gasteiger charge is -2.04. The fourth-order valence-corrected chi connectivity index (χ4v) is 0.723. The lowest BCUT2D eigenvalue weighted by Crippen LogP contribution is -1.92. The third kappa shape index (κ3) is 5.47. The number of nitrogens with zero attached hydrogens (tertiary/aromatic N) is 1. The highest BCUT2D eigenvalue weighted by Gasteiger charge is 1.95. The number of rotatable bonds is 5. The Morgan fingerprint density at radius 2 is 2.22 bits per heavy atom. The summed E-state index contributed by atoms with van der Waals surface area (Å²) < 4.78 is 0. The van der Waals surface area contributed by atoms with Crippen molar-refractivity contribution < 1.29 is 0 Å². The number of hydrogen-bond acceptors (Lipinski definition) is 2. The molecule has 0 saturated heterocycles. The van der Waals surface area contributed by atoms with Gasteiger partial charge in [-0.2, -0.15) is 5.11 Å². The van der Waals surface area contributed by atoms with Crippen LogP contribution in [0.1, 0.15) is 33.1 Å². The van der Waals surface area contributed by atoms with E-state index in [2.05, 4.69) is 19.0 Å². The molecule has 1 N–H and O–H groups in total. The first-order valence-electron chi connectivity index (χ1n) is 3.64. The summed E-state index contributed by atoms with van der Waals surface area (Å²) in [5.41, 5.74) is 6.53. The van der Waals surface area contributed by atoms with Gasteiger partial charge < -0.3 is 0 Å². The van der Waals surface area contributed by atoms with Crippen LogP contribution >= 0.6 is 0 Å². The average molecular weight is 128 g/mol. The highest BCUT2D eigenvalue weighted by atomic mass is 14.9. The fraction of sp³-hybridized carbons (Fsp3) is 1.00. The van der Waals surface area contributed by atoms with E-state index in [1.54, 1.807) is 0 Å². The van der Waals surface area contributed by atoms with Crippen molar-refractivity contribution in [2.24, 2.45) is 11.0 Å². The van der Waals surface area contributed by atoms with Crippen LogP contribution in [0.15, 0.2) is 5.11 Å². The van der Waals surface area contributed by atoms with E-state index in [1.807, 2.05) is 0 Å². The Kier molecular flexibility index (Phi) is 5.48. The average Bonchev–Trinajstić information content (AvgIpc) is 1.89. The molecular weight excluding hydrogens is 112 g/mol. The third-order valence-corrected chi connectivity index (χ3v) is 1.66. The molecule has 0 amide bonds. The second-order valence-corrected chi connectivity index (χ2v) is 2.54. The Morgan fingerprint density at radius 1 is 1.56 bits per heavy atom. The summed E-state index contributed by atoms with van der Waals surface area (Å²) in [4.78, 5) is 0. The van der Waals surface area contributed by atoms with E-state index in [-0.39, 0.29) is 0 Å². The van der Waals surface area contributed by atoms with Crippen LogP contribution in [0.25, 0.3) is 0 Å². The molecule has 2 nitrogen and oxygen atoms in total. The van der Waals surface area contributed by atoms with Crippen LogP contribution in [0.4, 0.5) is 0 Å². The van der Waals surface area contributed by atoms with Crippen molar-refractivity contribution in [2.45, 2.75) is 33.1 Å². The van der Waals surface area contributed by atoms with Crippen molar-refractivity contribution in [1.82, 2.24) is 0 Å². The molecule has 54 valence electrons. The van der Waals surface area contributed by atoms with Crippen LogP contribution in [0.5, 0.6) is 0 Å². The minimum Gasteiger partial charge on any atom is -0.210 e. The number of hydrogen-bond donors (Lipinski definition) is 1. The molecule has 1 unspecified atom stereocenters. The second-order valence-electron chi connectivity index (χ2n) is 2.54. The van der Waals surface area contributed by atoms with E-state index in [4.69, 9.17) is 5.53 Å². The first kappa shape index (κ1) is 8.60. The van der Waals surface area contributed by atoms with Crippen LogP contribution in [-0.4, -0.2) is 6.54 Å². The zero-order valence-corrected chi connectivity index (χ0v) is 6.35. The van der Waals surface area contributed by atoms with Crippen LogP contribution in [0.2, 0.25) is 0 Å². The van der Waals surface area contributed by atoms with Crippen molar-refractivity contribution in [3.63, 3.8) is 0 Å². The summed E-state index contributed by atoms with van der Waals surface area (Å²) in [6.45, 7) is 5.15. The van der Waals surface area contributed by atoms with Crippen molar-refractivity contribution in [1.29, 1.82) is 5.53 Å². The zero-order chi connectivity index (χ0) is 7.11. The Bertz CT molecular complexity index is 71.3. The van der Waals surface area contributed by atoms with Gasteiger partial charge in [-0.05, 0) is 18.8 Å². The molecule has 0 aromatic heterocycles. The van der Waals surface area contributed by atoms with Crippen LogP contribution in [-0.2, 0) is 0 Å². The topological polar surface area (TPSA) is 36.2 Å². The van der Waals surface area contributed by atoms with E-state index >= 15 is 0 Å². The monoisotopic (exact) mass is 128 g/mol. The van der Waals surface area contributed by atoms with Crippen molar-refractivity contribution in [3.8, 4) is 0 Å². The zero-order valence-electron chi connectivity index (χ0n) is 6.35. The normalized spacial score (nSPS) is 13.1. The maximum Gasteiger partial charge on any atom is 0.0596 e. The predicted octanol–water partition coefficient (Wildman–Crippen LogP) is 2.84. The van der Waals surface area contributed by atoms with Crippen LogP contribution in [0.3, 0.4) is 0 Å². The fourth-order valence-electron chi connectivity index (χ4n) is 0.723. The van der Waals surface area contributed by atoms with E-state index < -0.39 is 0 Å². The Morgan fingerprint density at radius 3 is 2.67 bits per heavy atom. The molecule has 9 heavy (non-hydrogen) atoms. The molecule has 0 spiro atoms. The molecule has 0 radical (unpaired) electrons. The molecule has 2 heteroatoms. The summed E-state index contributed by atoms with van der Waals surface area (Å²) in [5, 5.41) is 3.29. The molecule has 0 aromatic rings. The number of nitrogens with one attached hydrogen (secondary N) is 1. The molecule has 0 rings (SSSR count). The Hall–Kier alpha value is -0.400. The van der Waals surface area contributed by atoms with Gasteiger partial charge in [-0.15, -0.1) is 0 Å². The van der Waals surface area contributed by atoms with Gasteiger partial charge >= 0.3 is 0 Å². The van der Waals surface area contributed by atoms with E-state index in [0.29, 0.717) is 6.54 Å². The highest BCUT2D eigenvalue weighted by molar-refractivity contribution is 4.50. The van der Waals surface area contributed by atoms with Crippen molar-refractivity contribution in [3.05, 3.63) is 0 Å². The second kappa shape index (κ2) is 5.73. The SMILES string of the molecule is CCC(C)CCCN=N.